The number of allylic oxidation sites excluding steroid dienone is 2. The number of aromatic nitrogens is 1. The molecule has 0 fully saturated rings. The van der Waals surface area contributed by atoms with Crippen LogP contribution < -0.4 is 15.7 Å². The highest BCUT2D eigenvalue weighted by Crippen LogP contribution is 2.32. The second-order valence-electron chi connectivity index (χ2n) is 8.25. The third-order valence-electron chi connectivity index (χ3n) is 5.38. The smallest absolute Gasteiger partial charge is 0.410 e. The Morgan fingerprint density at radius 3 is 2.76 bits per heavy atom. The summed E-state index contributed by atoms with van der Waals surface area (Å²) in [5.41, 5.74) is -0.770. The molecule has 38 heavy (non-hydrogen) atoms. The molecule has 0 aliphatic heterocycles. The summed E-state index contributed by atoms with van der Waals surface area (Å²) in [6, 6.07) is 6.65. The summed E-state index contributed by atoms with van der Waals surface area (Å²) in [5, 5.41) is 13.0. The fourth-order valence-corrected chi connectivity index (χ4v) is 4.24. The molecule has 0 radical (unpaired) electrons. The van der Waals surface area contributed by atoms with E-state index in [0.29, 0.717) is 29.2 Å². The number of methoxy groups -OCH3 is 1. The number of benzene rings is 1. The van der Waals surface area contributed by atoms with Crippen LogP contribution in [0.3, 0.4) is 0 Å². The molecule has 0 spiro atoms. The monoisotopic (exact) mass is 545 g/mol. The number of amides is 1. The summed E-state index contributed by atoms with van der Waals surface area (Å²) in [6.07, 6.45) is 4.03. The number of nitrogens with one attached hydrogen (secondary N) is 1. The van der Waals surface area contributed by atoms with Crippen molar-refractivity contribution in [3.63, 3.8) is 0 Å². The number of nitrogens with zero attached hydrogens (tertiary/aromatic N) is 1. The molecule has 0 aliphatic rings. The first-order chi connectivity index (χ1) is 19.2. The molecule has 2 heterocycles. The molecule has 1 amide bonds. The largest absolute Gasteiger partial charge is 0.507 e. The Bertz CT molecular complexity index is 1530. The molecule has 200 valence electrons. The van der Waals surface area contributed by atoms with Gasteiger partial charge in [0.1, 0.15) is 28.6 Å². The van der Waals surface area contributed by atoms with E-state index in [9.17, 15) is 23.9 Å². The molecular formula is C27H27FN2O7S. The number of thiazole rings is 1. The minimum atomic E-state index is -2.85. The highest BCUT2D eigenvalue weighted by Gasteiger charge is 2.22. The average molecular weight is 546 g/mol. The number of rotatable bonds is 10. The van der Waals surface area contributed by atoms with Gasteiger partial charge in [-0.15, -0.1) is 0 Å². The van der Waals surface area contributed by atoms with Crippen molar-refractivity contribution < 1.29 is 37.1 Å². The fraction of sp³-hybridized carbons (Fsp3) is 0.259. The zero-order valence-corrected chi connectivity index (χ0v) is 21.6. The molecule has 11 heteroatoms. The number of hydrogen-bond acceptors (Lipinski definition) is 9. The van der Waals surface area contributed by atoms with Crippen LogP contribution in [-0.2, 0) is 4.74 Å². The van der Waals surface area contributed by atoms with Crippen molar-refractivity contribution in [2.75, 3.05) is 7.04 Å². The molecule has 1 atom stereocenters. The first-order valence-electron chi connectivity index (χ1n) is 12.9. The number of carbonyl (C=O) groups excluding carboxylic acids is 2. The fourth-order valence-electron chi connectivity index (χ4n) is 3.30. The number of hydrogen-bond donors (Lipinski definition) is 2. The van der Waals surface area contributed by atoms with Gasteiger partial charge >= 0.3 is 11.7 Å². The van der Waals surface area contributed by atoms with E-state index in [0.717, 1.165) is 11.3 Å². The number of halogens is 1. The third-order valence-corrected chi connectivity index (χ3v) is 6.36. The summed E-state index contributed by atoms with van der Waals surface area (Å²) in [7, 11) is -2.85. The van der Waals surface area contributed by atoms with Crippen LogP contribution in [0.1, 0.15) is 63.4 Å². The summed E-state index contributed by atoms with van der Waals surface area (Å²) in [4.78, 5) is 41.9. The molecule has 0 aliphatic carbocycles. The quantitative estimate of drug-likeness (QED) is 0.232. The normalized spacial score (nSPS) is 13.9. The number of carbonyl (C=O) groups is 2. The molecule has 3 aromatic rings. The van der Waals surface area contributed by atoms with Gasteiger partial charge in [-0.1, -0.05) is 24.3 Å². The minimum absolute atomic E-state index is 0.156. The van der Waals surface area contributed by atoms with Gasteiger partial charge < -0.3 is 19.0 Å². The molecular weight excluding hydrogens is 515 g/mol. The number of Topliss-reactive ketones (excluding diaryl/α,β-unsaturated/α-hetero) is 1. The topological polar surface area (TPSA) is 128 Å². The Balaban J connectivity index is 1.65. The van der Waals surface area contributed by atoms with Gasteiger partial charge in [0.05, 0.1) is 21.7 Å². The van der Waals surface area contributed by atoms with Crippen LogP contribution in [0.25, 0.3) is 6.08 Å². The van der Waals surface area contributed by atoms with Crippen LogP contribution in [0, 0.1) is 12.7 Å². The van der Waals surface area contributed by atoms with Crippen LogP contribution in [0.5, 0.6) is 16.7 Å². The van der Waals surface area contributed by atoms with Crippen molar-refractivity contribution >= 4 is 29.3 Å². The summed E-state index contributed by atoms with van der Waals surface area (Å²) < 4.78 is 48.8. The number of aryl methyl sites for hydroxylation is 1. The van der Waals surface area contributed by atoms with E-state index in [4.69, 9.17) is 13.3 Å². The van der Waals surface area contributed by atoms with Crippen molar-refractivity contribution in [3.05, 3.63) is 86.3 Å². The predicted molar refractivity (Wildman–Crippen MR) is 140 cm³/mol. The highest BCUT2D eigenvalue weighted by molar-refractivity contribution is 7.14. The van der Waals surface area contributed by atoms with E-state index >= 15 is 0 Å². The van der Waals surface area contributed by atoms with Gasteiger partial charge in [0.25, 0.3) is 5.19 Å². The van der Waals surface area contributed by atoms with Gasteiger partial charge in [-0.3, -0.25) is 10.1 Å². The van der Waals surface area contributed by atoms with E-state index in [2.05, 4.69) is 15.0 Å². The van der Waals surface area contributed by atoms with Crippen molar-refractivity contribution in [2.24, 2.45) is 0 Å². The third kappa shape index (κ3) is 7.39. The lowest BCUT2D eigenvalue weighted by molar-refractivity contribution is 0.102. The SMILES string of the molecule is [2H]C([2H])([2H])OC(=O)N/C=C/CCC(C)c1cc(O)c(C(=O)/C(C)=C/c2sc(Oc3ccc(F)cc3)nc2C)c(=O)o1. The summed E-state index contributed by atoms with van der Waals surface area (Å²) in [6.45, 7) is 4.95. The number of alkyl carbamates (subject to hydrolysis) is 1. The maximum Gasteiger partial charge on any atom is 0.410 e. The number of ether oxygens (including phenoxy) is 2. The van der Waals surface area contributed by atoms with Crippen molar-refractivity contribution in [1.29, 1.82) is 0 Å². The van der Waals surface area contributed by atoms with E-state index in [1.54, 1.807) is 19.9 Å². The van der Waals surface area contributed by atoms with Crippen LogP contribution in [0.2, 0.25) is 0 Å². The molecule has 3 rings (SSSR count). The molecule has 0 bridgehead atoms. The van der Waals surface area contributed by atoms with Crippen LogP contribution in [0.4, 0.5) is 9.18 Å². The first-order valence-corrected chi connectivity index (χ1v) is 12.2. The summed E-state index contributed by atoms with van der Waals surface area (Å²) in [5.74, 6) is -1.43. The van der Waals surface area contributed by atoms with E-state index in [1.807, 2.05) is 0 Å². The van der Waals surface area contributed by atoms with E-state index in [1.165, 1.54) is 49.5 Å². The number of aromatic hydroxyl groups is 1. The second kappa shape index (κ2) is 12.8. The molecule has 2 N–H and O–H groups in total. The molecule has 1 unspecified atom stereocenters. The lowest BCUT2D eigenvalue weighted by Gasteiger charge is -2.11. The van der Waals surface area contributed by atoms with E-state index < -0.39 is 41.7 Å². The Morgan fingerprint density at radius 1 is 1.34 bits per heavy atom. The van der Waals surface area contributed by atoms with Gasteiger partial charge in [0.2, 0.25) is 0 Å². The maximum atomic E-state index is 13.1. The molecule has 1 aromatic carbocycles. The Labute approximate surface area is 226 Å². The molecule has 0 saturated carbocycles. The lowest BCUT2D eigenvalue weighted by atomic mass is 10.00. The first kappa shape index (κ1) is 24.1. The zero-order chi connectivity index (χ0) is 30.3. The average Bonchev–Trinajstić information content (AvgIpc) is 3.21. The lowest BCUT2D eigenvalue weighted by Crippen LogP contribution is -2.16. The van der Waals surface area contributed by atoms with Gasteiger partial charge in [0, 0.05) is 18.2 Å². The van der Waals surface area contributed by atoms with Crippen LogP contribution in [0.15, 0.2) is 57.4 Å². The van der Waals surface area contributed by atoms with Gasteiger partial charge in [-0.2, -0.15) is 0 Å². The molecule has 0 saturated heterocycles. The van der Waals surface area contributed by atoms with Crippen molar-refractivity contribution in [1.82, 2.24) is 10.3 Å². The molecule has 2 aromatic heterocycles. The van der Waals surface area contributed by atoms with Crippen molar-refractivity contribution in [3.8, 4) is 16.7 Å². The maximum absolute atomic E-state index is 13.1. The van der Waals surface area contributed by atoms with Crippen molar-refractivity contribution in [2.45, 2.75) is 39.5 Å². The predicted octanol–water partition coefficient (Wildman–Crippen LogP) is 6.08. The summed E-state index contributed by atoms with van der Waals surface area (Å²) >= 11 is 1.15. The highest BCUT2D eigenvalue weighted by atomic mass is 32.1. The molecule has 9 nitrogen and oxygen atoms in total. The van der Waals surface area contributed by atoms with Crippen LogP contribution in [-0.4, -0.2) is 29.0 Å². The zero-order valence-electron chi connectivity index (χ0n) is 23.7. The van der Waals surface area contributed by atoms with Gasteiger partial charge in [0.15, 0.2) is 5.78 Å². The van der Waals surface area contributed by atoms with Gasteiger partial charge in [-0.05, 0) is 62.6 Å². The standard InChI is InChI=1S/C27H27FN2O7S/c1-15(7-5-6-12-29-26(34)35-4)21-14-20(31)23(25(33)37-21)24(32)16(2)13-22-17(3)30-27(38-22)36-19-10-8-18(28)9-11-19/h6,8-15,31H,5,7H2,1-4H3,(H,29,34)/b12-6+,16-13+/i4D3. The van der Waals surface area contributed by atoms with E-state index in [-0.39, 0.29) is 22.4 Å². The minimum Gasteiger partial charge on any atom is -0.507 e. The van der Waals surface area contributed by atoms with Gasteiger partial charge in [-0.25, -0.2) is 19.0 Å². The second-order valence-corrected chi connectivity index (χ2v) is 9.25. The number of ketones is 1. The van der Waals surface area contributed by atoms with Crippen LogP contribution >= 0.6 is 11.3 Å². The Kier molecular flexibility index (Phi) is 8.13. The Morgan fingerprint density at radius 2 is 2.08 bits per heavy atom. The Hall–Kier alpha value is -4.25.